The number of hydrogen-bond acceptors (Lipinski definition) is 5. The van der Waals surface area contributed by atoms with Gasteiger partial charge in [0.15, 0.2) is 11.0 Å². The van der Waals surface area contributed by atoms with E-state index in [4.69, 9.17) is 0 Å². The van der Waals surface area contributed by atoms with Gasteiger partial charge < -0.3 is 15.2 Å². The zero-order valence-corrected chi connectivity index (χ0v) is 16.5. The minimum absolute atomic E-state index is 0.110. The van der Waals surface area contributed by atoms with Crippen LogP contribution in [0, 0.1) is 6.92 Å². The monoisotopic (exact) mass is 395 g/mol. The molecule has 28 heavy (non-hydrogen) atoms. The van der Waals surface area contributed by atoms with E-state index in [1.807, 2.05) is 56.4 Å². The van der Waals surface area contributed by atoms with Crippen LogP contribution < -0.4 is 10.6 Å². The van der Waals surface area contributed by atoms with Gasteiger partial charge in [0, 0.05) is 18.3 Å². The highest BCUT2D eigenvalue weighted by molar-refractivity contribution is 7.99. The first-order chi connectivity index (χ1) is 13.5. The molecule has 0 radical (unpaired) electrons. The molecule has 0 saturated heterocycles. The number of benzene rings is 2. The van der Waals surface area contributed by atoms with E-state index < -0.39 is 0 Å². The number of carbonyl (C=O) groups is 2. The van der Waals surface area contributed by atoms with Crippen LogP contribution in [-0.4, -0.2) is 32.3 Å². The second kappa shape index (κ2) is 9.18. The Kier molecular flexibility index (Phi) is 6.44. The van der Waals surface area contributed by atoms with Crippen LogP contribution in [0.5, 0.6) is 0 Å². The summed E-state index contributed by atoms with van der Waals surface area (Å²) in [6, 6.07) is 16.6. The van der Waals surface area contributed by atoms with Gasteiger partial charge in [0.2, 0.25) is 5.91 Å². The second-order valence-electron chi connectivity index (χ2n) is 6.16. The molecule has 0 spiro atoms. The number of thioether (sulfide) groups is 1. The average Bonchev–Trinajstić information content (AvgIpc) is 3.06. The molecule has 2 N–H and O–H groups in total. The fourth-order valence-electron chi connectivity index (χ4n) is 2.51. The fourth-order valence-corrected chi connectivity index (χ4v) is 3.24. The standard InChI is InChI=1S/C20H21N5O2S/c1-14-8-6-7-11-16(14)22-18(26)13-28-20-24-23-17(25(20)2)12-21-19(27)15-9-4-3-5-10-15/h3-11H,12-13H2,1-2H3,(H,21,27)(H,22,26). The summed E-state index contributed by atoms with van der Waals surface area (Å²) in [7, 11) is 1.81. The SMILES string of the molecule is Cc1ccccc1NC(=O)CSc1nnc(CNC(=O)c2ccccc2)n1C. The molecule has 0 bridgehead atoms. The highest BCUT2D eigenvalue weighted by atomic mass is 32.2. The molecule has 144 valence electrons. The number of hydrogen-bond donors (Lipinski definition) is 2. The first-order valence-electron chi connectivity index (χ1n) is 8.74. The van der Waals surface area contributed by atoms with E-state index in [-0.39, 0.29) is 24.1 Å². The maximum atomic E-state index is 12.2. The Hall–Kier alpha value is -3.13. The molecular formula is C20H21N5O2S. The number of amides is 2. The lowest BCUT2D eigenvalue weighted by Gasteiger charge is -2.08. The van der Waals surface area contributed by atoms with E-state index in [0.29, 0.717) is 16.5 Å². The van der Waals surface area contributed by atoms with Crippen LogP contribution in [0.15, 0.2) is 59.8 Å². The zero-order chi connectivity index (χ0) is 19.9. The summed E-state index contributed by atoms with van der Waals surface area (Å²) < 4.78 is 1.77. The van der Waals surface area contributed by atoms with Gasteiger partial charge in [-0.2, -0.15) is 0 Å². The molecule has 1 heterocycles. The van der Waals surface area contributed by atoms with Crippen LogP contribution in [0.25, 0.3) is 0 Å². The van der Waals surface area contributed by atoms with Crippen LogP contribution >= 0.6 is 11.8 Å². The van der Waals surface area contributed by atoms with E-state index in [9.17, 15) is 9.59 Å². The first-order valence-corrected chi connectivity index (χ1v) is 9.73. The van der Waals surface area contributed by atoms with Gasteiger partial charge in [-0.05, 0) is 30.7 Å². The van der Waals surface area contributed by atoms with Gasteiger partial charge in [-0.25, -0.2) is 0 Å². The van der Waals surface area contributed by atoms with Crippen LogP contribution in [-0.2, 0) is 18.4 Å². The maximum absolute atomic E-state index is 12.2. The van der Waals surface area contributed by atoms with Gasteiger partial charge in [0.1, 0.15) is 0 Å². The summed E-state index contributed by atoms with van der Waals surface area (Å²) in [5.41, 5.74) is 2.40. The molecule has 1 aromatic heterocycles. The normalized spacial score (nSPS) is 10.5. The number of anilines is 1. The fraction of sp³-hybridized carbons (Fsp3) is 0.200. The Morgan fingerprint density at radius 3 is 2.50 bits per heavy atom. The van der Waals surface area contributed by atoms with Gasteiger partial charge in [-0.15, -0.1) is 10.2 Å². The van der Waals surface area contributed by atoms with Crippen molar-refractivity contribution in [2.45, 2.75) is 18.6 Å². The number of rotatable bonds is 7. The summed E-state index contributed by atoms with van der Waals surface area (Å²) in [6.07, 6.45) is 0. The Morgan fingerprint density at radius 2 is 1.75 bits per heavy atom. The highest BCUT2D eigenvalue weighted by Gasteiger charge is 2.13. The van der Waals surface area contributed by atoms with Crippen LogP contribution in [0.3, 0.4) is 0 Å². The summed E-state index contributed by atoms with van der Waals surface area (Å²) in [5, 5.41) is 14.5. The Balaban J connectivity index is 1.52. The molecule has 0 unspecified atom stereocenters. The van der Waals surface area contributed by atoms with E-state index in [2.05, 4.69) is 20.8 Å². The molecule has 0 atom stereocenters. The Bertz CT molecular complexity index is 972. The van der Waals surface area contributed by atoms with Gasteiger partial charge in [0.25, 0.3) is 5.91 Å². The molecule has 7 nitrogen and oxygen atoms in total. The third kappa shape index (κ3) is 4.98. The van der Waals surface area contributed by atoms with E-state index >= 15 is 0 Å². The van der Waals surface area contributed by atoms with Gasteiger partial charge >= 0.3 is 0 Å². The lowest BCUT2D eigenvalue weighted by atomic mass is 10.2. The van der Waals surface area contributed by atoms with Gasteiger partial charge in [0.05, 0.1) is 12.3 Å². The van der Waals surface area contributed by atoms with Crippen LogP contribution in [0.2, 0.25) is 0 Å². The molecule has 0 aliphatic rings. The number of aromatic nitrogens is 3. The van der Waals surface area contributed by atoms with Crippen molar-refractivity contribution in [3.63, 3.8) is 0 Å². The molecule has 8 heteroatoms. The van der Waals surface area contributed by atoms with Crippen molar-refractivity contribution in [2.75, 3.05) is 11.1 Å². The minimum Gasteiger partial charge on any atom is -0.345 e. The smallest absolute Gasteiger partial charge is 0.251 e. The molecule has 0 fully saturated rings. The quantitative estimate of drug-likeness (QED) is 0.601. The van der Waals surface area contributed by atoms with E-state index in [1.165, 1.54) is 11.8 Å². The highest BCUT2D eigenvalue weighted by Crippen LogP contribution is 2.18. The number of nitrogens with zero attached hydrogens (tertiary/aromatic N) is 3. The summed E-state index contributed by atoms with van der Waals surface area (Å²) in [6.45, 7) is 2.20. The van der Waals surface area contributed by atoms with Gasteiger partial charge in [-0.1, -0.05) is 48.2 Å². The topological polar surface area (TPSA) is 88.9 Å². The summed E-state index contributed by atoms with van der Waals surface area (Å²) in [4.78, 5) is 24.3. The second-order valence-corrected chi connectivity index (χ2v) is 7.10. The van der Waals surface area contributed by atoms with Crippen LogP contribution in [0.4, 0.5) is 5.69 Å². The minimum atomic E-state index is -0.171. The number of aryl methyl sites for hydroxylation is 1. The largest absolute Gasteiger partial charge is 0.345 e. The summed E-state index contributed by atoms with van der Waals surface area (Å²) >= 11 is 1.30. The molecule has 3 rings (SSSR count). The zero-order valence-electron chi connectivity index (χ0n) is 15.7. The van der Waals surface area contributed by atoms with Gasteiger partial charge in [-0.3, -0.25) is 9.59 Å². The molecular weight excluding hydrogens is 374 g/mol. The maximum Gasteiger partial charge on any atom is 0.251 e. The van der Waals surface area contributed by atoms with Crippen molar-refractivity contribution in [1.29, 1.82) is 0 Å². The van der Waals surface area contributed by atoms with Crippen molar-refractivity contribution in [3.05, 3.63) is 71.5 Å². The lowest BCUT2D eigenvalue weighted by Crippen LogP contribution is -2.24. The predicted molar refractivity (Wildman–Crippen MR) is 109 cm³/mol. The molecule has 0 saturated carbocycles. The van der Waals surface area contributed by atoms with E-state index in [1.54, 1.807) is 16.7 Å². The van der Waals surface area contributed by atoms with Crippen molar-refractivity contribution in [3.8, 4) is 0 Å². The Labute approximate surface area is 167 Å². The molecule has 0 aliphatic carbocycles. The molecule has 2 aromatic carbocycles. The average molecular weight is 395 g/mol. The molecule has 3 aromatic rings. The third-order valence-corrected chi connectivity index (χ3v) is 5.14. The van der Waals surface area contributed by atoms with Crippen molar-refractivity contribution < 1.29 is 9.59 Å². The Morgan fingerprint density at radius 1 is 1.04 bits per heavy atom. The number of carbonyl (C=O) groups excluding carboxylic acids is 2. The molecule has 0 aliphatic heterocycles. The van der Waals surface area contributed by atoms with Crippen molar-refractivity contribution in [1.82, 2.24) is 20.1 Å². The number of para-hydroxylation sites is 1. The van der Waals surface area contributed by atoms with Crippen LogP contribution in [0.1, 0.15) is 21.7 Å². The summed E-state index contributed by atoms with van der Waals surface area (Å²) in [5.74, 6) is 0.555. The third-order valence-electron chi connectivity index (χ3n) is 4.12. The molecule has 2 amide bonds. The van der Waals surface area contributed by atoms with Crippen molar-refractivity contribution in [2.24, 2.45) is 7.05 Å². The number of nitrogens with one attached hydrogen (secondary N) is 2. The predicted octanol–water partition coefficient (Wildman–Crippen LogP) is 2.78. The van der Waals surface area contributed by atoms with E-state index in [0.717, 1.165) is 11.3 Å². The lowest BCUT2D eigenvalue weighted by molar-refractivity contribution is -0.113. The first kappa shape index (κ1) is 19.6. The van der Waals surface area contributed by atoms with Crippen molar-refractivity contribution >= 4 is 29.3 Å².